The largest absolute Gasteiger partial charge is 0.497 e. The second kappa shape index (κ2) is 29.4. The number of aromatic carboxylic acids is 1. The van der Waals surface area contributed by atoms with Gasteiger partial charge in [-0.2, -0.15) is 0 Å². The number of amides is 3. The first kappa shape index (κ1) is 65.9. The van der Waals surface area contributed by atoms with E-state index < -0.39 is 17.2 Å². The Hall–Kier alpha value is -8.54. The van der Waals surface area contributed by atoms with Crippen LogP contribution in [0.25, 0.3) is 21.8 Å². The molecule has 23 heteroatoms. The topological polar surface area (TPSA) is 241 Å². The number of carboxylic acid groups (broad SMARTS) is 1. The summed E-state index contributed by atoms with van der Waals surface area (Å²) in [7, 11) is 4.67. The number of benzene rings is 4. The van der Waals surface area contributed by atoms with Crippen molar-refractivity contribution in [1.29, 1.82) is 0 Å². The summed E-state index contributed by atoms with van der Waals surface area (Å²) in [5, 5.41) is 13.6. The first-order valence-electron chi connectivity index (χ1n) is 30.7. The number of nitrogens with zero attached hydrogens (tertiary/aromatic N) is 6. The minimum absolute atomic E-state index is 0.0157. The summed E-state index contributed by atoms with van der Waals surface area (Å²) >= 11 is 0. The number of methoxy groups -OCH3 is 3. The number of likely N-dealkylation sites (tertiary alicyclic amines) is 2. The normalized spacial score (nSPS) is 15.5. The van der Waals surface area contributed by atoms with Crippen LogP contribution in [-0.2, 0) is 40.4 Å². The second-order valence-electron chi connectivity index (χ2n) is 24.7. The highest BCUT2D eigenvalue weighted by molar-refractivity contribution is 6.06. The van der Waals surface area contributed by atoms with Gasteiger partial charge in [0.25, 0.3) is 17.0 Å². The monoisotopic (exact) mass is 1240 g/mol. The summed E-state index contributed by atoms with van der Waals surface area (Å²) in [5.74, 6) is 2.46. The van der Waals surface area contributed by atoms with Crippen LogP contribution >= 0.6 is 0 Å². The van der Waals surface area contributed by atoms with Crippen molar-refractivity contribution in [2.75, 3.05) is 100 Å². The molecule has 0 saturated carbocycles. The predicted octanol–water partition coefficient (Wildman–Crippen LogP) is 8.44. The molecule has 484 valence electrons. The number of piperidine rings is 2. The predicted molar refractivity (Wildman–Crippen MR) is 338 cm³/mol. The Labute approximate surface area is 524 Å². The summed E-state index contributed by atoms with van der Waals surface area (Å²) in [6, 6.07) is 24.5. The maximum Gasteiger partial charge on any atom is 0.410 e. The number of carbonyl (C=O) groups excluding carboxylic acids is 3. The van der Waals surface area contributed by atoms with Gasteiger partial charge in [0.15, 0.2) is 23.0 Å². The molecule has 0 radical (unpaired) electrons. The van der Waals surface area contributed by atoms with Crippen molar-refractivity contribution >= 4 is 45.9 Å². The maximum atomic E-state index is 13.5. The van der Waals surface area contributed by atoms with Crippen molar-refractivity contribution in [1.82, 2.24) is 34.1 Å². The highest BCUT2D eigenvalue weighted by atomic mass is 16.6. The van der Waals surface area contributed by atoms with Crippen LogP contribution in [-0.4, -0.2) is 181 Å². The highest BCUT2D eigenvalue weighted by Gasteiger charge is 2.34. The average Bonchev–Trinajstić information content (AvgIpc) is 0.859. The number of rotatable bonds is 19. The van der Waals surface area contributed by atoms with Gasteiger partial charge < -0.3 is 81.8 Å². The van der Waals surface area contributed by atoms with Crippen molar-refractivity contribution in [3.05, 3.63) is 128 Å². The Balaban J connectivity index is 0.000000214. The van der Waals surface area contributed by atoms with Crippen molar-refractivity contribution in [2.45, 2.75) is 117 Å². The fourth-order valence-electron chi connectivity index (χ4n) is 11.6. The molecule has 2 fully saturated rings. The molecule has 0 unspecified atom stereocenters. The smallest absolute Gasteiger partial charge is 0.410 e. The van der Waals surface area contributed by atoms with Crippen LogP contribution < -0.4 is 44.9 Å². The molecule has 0 aliphatic carbocycles. The molecule has 4 aliphatic rings. The van der Waals surface area contributed by atoms with Crippen LogP contribution in [0.5, 0.6) is 34.5 Å². The van der Waals surface area contributed by atoms with Gasteiger partial charge in [-0.05, 0) is 127 Å². The van der Waals surface area contributed by atoms with Crippen LogP contribution in [0.2, 0.25) is 0 Å². The van der Waals surface area contributed by atoms with E-state index in [4.69, 9.17) is 42.6 Å². The third kappa shape index (κ3) is 16.8. The lowest BCUT2D eigenvalue weighted by atomic mass is 10.0. The third-order valence-electron chi connectivity index (χ3n) is 16.2. The Morgan fingerprint density at radius 1 is 0.544 bits per heavy atom. The minimum atomic E-state index is -1.15. The number of aromatic nitrogens is 2. The Bertz CT molecular complexity index is 3650. The molecule has 6 aromatic rings. The van der Waals surface area contributed by atoms with Gasteiger partial charge in [-0.3, -0.25) is 14.4 Å². The van der Waals surface area contributed by atoms with E-state index in [2.05, 4.69) is 15.1 Å². The zero-order chi connectivity index (χ0) is 64.3. The molecule has 90 heavy (non-hydrogen) atoms. The van der Waals surface area contributed by atoms with Crippen LogP contribution in [0.15, 0.2) is 94.5 Å². The first-order valence-corrected chi connectivity index (χ1v) is 30.7. The van der Waals surface area contributed by atoms with E-state index in [0.29, 0.717) is 141 Å². The zero-order valence-electron chi connectivity index (χ0n) is 53.1. The molecule has 2 saturated heterocycles. The van der Waals surface area contributed by atoms with E-state index in [1.807, 2.05) is 93.8 Å². The fraction of sp³-hybridized carbons (Fsp3) is 0.493. The van der Waals surface area contributed by atoms with Crippen LogP contribution in [0, 0.1) is 0 Å². The molecule has 2 aromatic heterocycles. The quantitative estimate of drug-likeness (QED) is 0.0723. The number of nitrogens with one attached hydrogen (secondary N) is 1. The van der Waals surface area contributed by atoms with E-state index in [9.17, 15) is 33.9 Å². The lowest BCUT2D eigenvalue weighted by Gasteiger charge is -2.39. The average molecular weight is 1240 g/mol. The Morgan fingerprint density at radius 2 is 0.956 bits per heavy atom. The van der Waals surface area contributed by atoms with Gasteiger partial charge in [-0.25, -0.2) is 14.4 Å². The van der Waals surface area contributed by atoms with Gasteiger partial charge in [0, 0.05) is 126 Å². The summed E-state index contributed by atoms with van der Waals surface area (Å²) < 4.78 is 53.6. The van der Waals surface area contributed by atoms with Gasteiger partial charge in [-0.1, -0.05) is 12.1 Å². The van der Waals surface area contributed by atoms with Crippen LogP contribution in [0.4, 0.5) is 9.59 Å². The summed E-state index contributed by atoms with van der Waals surface area (Å²) in [4.78, 5) is 86.1. The maximum absolute atomic E-state index is 13.5. The first-order chi connectivity index (χ1) is 43.1. The number of hydrogen-bond acceptors (Lipinski definition) is 17. The van der Waals surface area contributed by atoms with E-state index in [0.717, 1.165) is 63.0 Å². The van der Waals surface area contributed by atoms with E-state index >= 15 is 0 Å². The highest BCUT2D eigenvalue weighted by Crippen LogP contribution is 2.35. The SMILES string of the molecule is COCCNC(=O)c1cc(=O)n(CCN2CCC(N(Cc3ccc4c(c3)OCCO4)C(=O)OC(C)(C)C)CC2)c2cc(OC)ccc12.COc1ccc2c(C(=O)O)cc(=O)n(CCN3CCC(N(Cc4ccc5c(c4)OCCO5)C(=O)OC(C)(C)C)CC3)c2c1. The second-order valence-corrected chi connectivity index (χ2v) is 24.7. The van der Waals surface area contributed by atoms with Gasteiger partial charge in [0.2, 0.25) is 0 Å². The van der Waals surface area contributed by atoms with Crippen LogP contribution in [0.3, 0.4) is 0 Å². The number of fused-ring (bicyclic) bond motifs is 4. The standard InChI is InChI=1S/C35H46N4O8.C32H39N3O8/c1-35(2,3)47-34(42)39(23-24-6-9-30-31(20-24)46-19-18-45-30)25-10-13-37(14-11-25)15-16-38-29-21-26(44-5)7-8-27(29)28(22-32(38)40)33(41)36-12-17-43-4;1-32(2,3)43-31(39)35(20-21-5-8-27-28(17-21)42-16-15-41-27)22-9-11-33(12-10-22)13-14-34-26-18-23(40-4)6-7-24(26)25(30(37)38)19-29(34)36/h6-9,20-22,25H,10-19,23H2,1-5H3,(H,36,41);5-8,17-19,22H,9-16,20H2,1-4H3,(H,37,38). The molecule has 23 nitrogen and oxygen atoms in total. The van der Waals surface area contributed by atoms with Gasteiger partial charge >= 0.3 is 18.2 Å². The number of ether oxygens (including phenoxy) is 9. The summed E-state index contributed by atoms with van der Waals surface area (Å²) in [5.41, 5.74) is 1.45. The summed E-state index contributed by atoms with van der Waals surface area (Å²) in [6.07, 6.45) is 2.30. The third-order valence-corrected chi connectivity index (χ3v) is 16.2. The Kier molecular flexibility index (Phi) is 21.5. The Morgan fingerprint density at radius 3 is 1.36 bits per heavy atom. The molecule has 4 aliphatic heterocycles. The van der Waals surface area contributed by atoms with E-state index in [1.165, 1.54) is 19.2 Å². The molecule has 4 aromatic carbocycles. The van der Waals surface area contributed by atoms with Crippen molar-refractivity contribution in [3.63, 3.8) is 0 Å². The molecular weight excluding hydrogens is 1160 g/mol. The molecule has 0 spiro atoms. The molecule has 0 bridgehead atoms. The summed E-state index contributed by atoms with van der Waals surface area (Å²) in [6.45, 7) is 19.7. The van der Waals surface area contributed by atoms with Gasteiger partial charge in [0.1, 0.15) is 49.1 Å². The lowest BCUT2D eigenvalue weighted by molar-refractivity contribution is 0.00468. The van der Waals surface area contributed by atoms with Crippen molar-refractivity contribution < 1.29 is 66.9 Å². The van der Waals surface area contributed by atoms with Crippen molar-refractivity contribution in [3.8, 4) is 34.5 Å². The molecule has 3 amide bonds. The fourth-order valence-corrected chi connectivity index (χ4v) is 11.6. The lowest BCUT2D eigenvalue weighted by Crippen LogP contribution is -2.49. The number of hydrogen-bond donors (Lipinski definition) is 2. The van der Waals surface area contributed by atoms with Crippen LogP contribution in [0.1, 0.15) is 99.1 Å². The number of carbonyl (C=O) groups is 4. The molecule has 0 atom stereocenters. The number of pyridine rings is 2. The van der Waals surface area contributed by atoms with Gasteiger partial charge in [-0.15, -0.1) is 0 Å². The molecular formula is C67H85N7O16. The van der Waals surface area contributed by atoms with E-state index in [-0.39, 0.29) is 46.9 Å². The minimum Gasteiger partial charge on any atom is -0.497 e. The van der Waals surface area contributed by atoms with E-state index in [1.54, 1.807) is 53.7 Å². The molecule has 6 heterocycles. The number of carboxylic acids is 1. The molecule has 2 N–H and O–H groups in total. The molecule has 10 rings (SSSR count). The van der Waals surface area contributed by atoms with Crippen molar-refractivity contribution in [2.24, 2.45) is 0 Å². The van der Waals surface area contributed by atoms with Gasteiger partial charge in [0.05, 0.1) is 43.0 Å². The zero-order valence-corrected chi connectivity index (χ0v) is 53.1.